The summed E-state index contributed by atoms with van der Waals surface area (Å²) in [7, 11) is 0. The van der Waals surface area contributed by atoms with Crippen LogP contribution in [0.25, 0.3) is 0 Å². The molecule has 0 saturated carbocycles. The molecule has 0 aromatic heterocycles. The predicted molar refractivity (Wildman–Crippen MR) is 42.9 cm³/mol. The lowest BCUT2D eigenvalue weighted by molar-refractivity contribution is 0.604. The van der Waals surface area contributed by atoms with Crippen molar-refractivity contribution in [1.82, 2.24) is 5.32 Å². The maximum Gasteiger partial charge on any atom is 0.196 e. The van der Waals surface area contributed by atoms with Crippen LogP contribution in [0.3, 0.4) is 0 Å². The van der Waals surface area contributed by atoms with Crippen LogP contribution >= 0.6 is 23.4 Å². The summed E-state index contributed by atoms with van der Waals surface area (Å²) >= 11 is 6.77. The largest absolute Gasteiger partial charge is 0.323 e. The summed E-state index contributed by atoms with van der Waals surface area (Å²) in [5, 5.41) is 3.31. The van der Waals surface area contributed by atoms with Gasteiger partial charge in [0.1, 0.15) is 5.03 Å². The lowest BCUT2D eigenvalue weighted by Gasteiger charge is -2.11. The first kappa shape index (κ1) is 7.88. The average molecular weight is 181 g/mol. The molecule has 1 rings (SSSR count). The summed E-state index contributed by atoms with van der Waals surface area (Å²) in [5.41, 5.74) is 0. The monoisotopic (exact) mass is 180 g/mol. The van der Waals surface area contributed by atoms with Gasteiger partial charge >= 0.3 is 0 Å². The zero-order valence-electron chi connectivity index (χ0n) is 5.32. The van der Waals surface area contributed by atoms with Crippen molar-refractivity contribution in [2.75, 3.05) is 12.8 Å². The number of aliphatic imine (C=N–C) groups is 1. The minimum absolute atomic E-state index is 0.0575. The average Bonchev–Trinajstić information content (AvgIpc) is 1.94. The molecule has 1 heterocycles. The van der Waals surface area contributed by atoms with E-state index in [-0.39, 0.29) is 17.7 Å². The molecule has 5 heteroatoms. The van der Waals surface area contributed by atoms with E-state index >= 15 is 0 Å². The van der Waals surface area contributed by atoms with Gasteiger partial charge in [-0.25, -0.2) is 4.39 Å². The van der Waals surface area contributed by atoms with Crippen LogP contribution in [0.2, 0.25) is 0 Å². The van der Waals surface area contributed by atoms with Crippen LogP contribution in [-0.4, -0.2) is 18.1 Å². The smallest absolute Gasteiger partial charge is 0.196 e. The van der Waals surface area contributed by atoms with Crippen LogP contribution in [-0.2, 0) is 0 Å². The number of rotatable bonds is 1. The van der Waals surface area contributed by atoms with E-state index in [1.54, 1.807) is 6.26 Å². The first-order chi connectivity index (χ1) is 4.74. The van der Waals surface area contributed by atoms with Crippen molar-refractivity contribution in [3.8, 4) is 0 Å². The van der Waals surface area contributed by atoms with Crippen LogP contribution in [0.1, 0.15) is 0 Å². The lowest BCUT2D eigenvalue weighted by atomic mass is 10.5. The number of halogens is 2. The van der Waals surface area contributed by atoms with Crippen LogP contribution in [0.4, 0.5) is 4.39 Å². The highest BCUT2D eigenvalue weighted by Gasteiger charge is 2.11. The summed E-state index contributed by atoms with van der Waals surface area (Å²) in [6.07, 6.45) is 1.78. The van der Waals surface area contributed by atoms with Crippen LogP contribution < -0.4 is 5.32 Å². The summed E-state index contributed by atoms with van der Waals surface area (Å²) in [6, 6.07) is 0. The van der Waals surface area contributed by atoms with E-state index in [0.29, 0.717) is 5.03 Å². The SMILES string of the molecule is CSC1=C(F)CN=C(Cl)N1. The van der Waals surface area contributed by atoms with E-state index in [1.807, 2.05) is 0 Å². The van der Waals surface area contributed by atoms with Crippen molar-refractivity contribution in [2.45, 2.75) is 0 Å². The number of nitrogens with one attached hydrogen (secondary N) is 1. The Labute approximate surface area is 67.5 Å². The Hall–Kier alpha value is -0.220. The third kappa shape index (κ3) is 1.64. The van der Waals surface area contributed by atoms with Crippen molar-refractivity contribution in [2.24, 2.45) is 4.99 Å². The van der Waals surface area contributed by atoms with Gasteiger partial charge in [0.25, 0.3) is 0 Å². The molecule has 0 aromatic carbocycles. The molecule has 1 aliphatic rings. The van der Waals surface area contributed by atoms with Gasteiger partial charge in [0.05, 0.1) is 6.54 Å². The van der Waals surface area contributed by atoms with Gasteiger partial charge in [0.2, 0.25) is 0 Å². The molecule has 0 unspecified atom stereocenters. The maximum absolute atomic E-state index is 12.7. The minimum Gasteiger partial charge on any atom is -0.323 e. The standard InChI is InChI=1S/C5H6ClFN2S/c1-10-4-3(7)2-8-5(6)9-4/h2H2,1H3,(H,8,9). The number of nitrogens with zero attached hydrogens (tertiary/aromatic N) is 1. The molecule has 0 spiro atoms. The third-order valence-corrected chi connectivity index (χ3v) is 1.97. The number of hydrogen-bond acceptors (Lipinski definition) is 3. The fraction of sp³-hybridized carbons (Fsp3) is 0.400. The third-order valence-electron chi connectivity index (χ3n) is 1.02. The molecule has 1 aliphatic heterocycles. The minimum atomic E-state index is -0.253. The highest BCUT2D eigenvalue weighted by molar-refractivity contribution is 8.02. The van der Waals surface area contributed by atoms with Gasteiger partial charge in [0, 0.05) is 0 Å². The molecule has 0 fully saturated rings. The van der Waals surface area contributed by atoms with Crippen LogP contribution in [0, 0.1) is 0 Å². The highest BCUT2D eigenvalue weighted by Crippen LogP contribution is 2.18. The Balaban J connectivity index is 2.69. The van der Waals surface area contributed by atoms with Crippen molar-refractivity contribution >= 4 is 28.7 Å². The Bertz CT molecular complexity index is 202. The number of thioether (sulfide) groups is 1. The second-order valence-electron chi connectivity index (χ2n) is 1.67. The number of amidine groups is 1. The Kier molecular flexibility index (Phi) is 2.56. The zero-order valence-corrected chi connectivity index (χ0v) is 6.89. The highest BCUT2D eigenvalue weighted by atomic mass is 35.5. The second kappa shape index (κ2) is 3.25. The van der Waals surface area contributed by atoms with Gasteiger partial charge in [-0.1, -0.05) is 0 Å². The Morgan fingerprint density at radius 1 is 1.80 bits per heavy atom. The molecule has 0 aromatic rings. The van der Waals surface area contributed by atoms with Gasteiger partial charge < -0.3 is 5.32 Å². The van der Waals surface area contributed by atoms with E-state index in [1.165, 1.54) is 11.8 Å². The summed E-state index contributed by atoms with van der Waals surface area (Å²) in [6.45, 7) is 0.0575. The van der Waals surface area contributed by atoms with E-state index in [2.05, 4.69) is 10.3 Å². The van der Waals surface area contributed by atoms with Gasteiger partial charge in [-0.2, -0.15) is 0 Å². The van der Waals surface area contributed by atoms with E-state index in [0.717, 1.165) is 0 Å². The van der Waals surface area contributed by atoms with Gasteiger partial charge in [-0.15, -0.1) is 11.8 Å². The molecule has 0 aliphatic carbocycles. The molecule has 2 nitrogen and oxygen atoms in total. The lowest BCUT2D eigenvalue weighted by Crippen LogP contribution is -2.21. The molecular weight excluding hydrogens is 175 g/mol. The fourth-order valence-corrected chi connectivity index (χ4v) is 1.27. The Morgan fingerprint density at radius 3 is 3.00 bits per heavy atom. The van der Waals surface area contributed by atoms with Gasteiger partial charge in [-0.05, 0) is 17.9 Å². The molecule has 0 bridgehead atoms. The summed E-state index contributed by atoms with van der Waals surface area (Å²) < 4.78 is 12.7. The first-order valence-electron chi connectivity index (χ1n) is 2.63. The molecule has 0 atom stereocenters. The Morgan fingerprint density at radius 2 is 2.50 bits per heavy atom. The number of hydrogen-bond donors (Lipinski definition) is 1. The van der Waals surface area contributed by atoms with Crippen molar-refractivity contribution < 1.29 is 4.39 Å². The van der Waals surface area contributed by atoms with E-state index in [9.17, 15) is 4.39 Å². The second-order valence-corrected chi connectivity index (χ2v) is 2.84. The summed E-state index contributed by atoms with van der Waals surface area (Å²) in [5.74, 6) is -0.253. The maximum atomic E-state index is 12.7. The molecule has 10 heavy (non-hydrogen) atoms. The van der Waals surface area contributed by atoms with Crippen LogP contribution in [0.5, 0.6) is 0 Å². The molecule has 56 valence electrons. The van der Waals surface area contributed by atoms with Crippen molar-refractivity contribution in [3.63, 3.8) is 0 Å². The quantitative estimate of drug-likeness (QED) is 0.621. The molecular formula is C5H6ClFN2S. The molecule has 0 amide bonds. The van der Waals surface area contributed by atoms with Crippen LogP contribution in [0.15, 0.2) is 15.8 Å². The van der Waals surface area contributed by atoms with Gasteiger partial charge in [-0.3, -0.25) is 4.99 Å². The normalized spacial score (nSPS) is 18.5. The van der Waals surface area contributed by atoms with Crippen molar-refractivity contribution in [1.29, 1.82) is 0 Å². The fourth-order valence-electron chi connectivity index (χ4n) is 0.573. The zero-order chi connectivity index (χ0) is 7.56. The molecule has 0 saturated heterocycles. The summed E-state index contributed by atoms with van der Waals surface area (Å²) in [4.78, 5) is 3.63. The van der Waals surface area contributed by atoms with Gasteiger partial charge in [0.15, 0.2) is 11.1 Å². The van der Waals surface area contributed by atoms with E-state index in [4.69, 9.17) is 11.6 Å². The molecule has 1 N–H and O–H groups in total. The van der Waals surface area contributed by atoms with Crippen molar-refractivity contribution in [3.05, 3.63) is 10.9 Å². The molecule has 0 radical (unpaired) electrons. The topological polar surface area (TPSA) is 24.4 Å². The predicted octanol–water partition coefficient (Wildman–Crippen LogP) is 1.69. The van der Waals surface area contributed by atoms with E-state index < -0.39 is 0 Å². The first-order valence-corrected chi connectivity index (χ1v) is 4.24.